The standard InChI is InChI=1S/C17H15F3N6/c1-24-9-11(10-5-3-4-6-12(10)24)14-15(17(18,19)20)23-26(16(14)21)13-7-8-25(2)22-13/h3-9H,21H2,1-2H3. The molecule has 134 valence electrons. The topological polar surface area (TPSA) is 66.6 Å². The van der Waals surface area contributed by atoms with Crippen LogP contribution in [0.25, 0.3) is 27.8 Å². The smallest absolute Gasteiger partial charge is 0.383 e. The lowest BCUT2D eigenvalue weighted by atomic mass is 10.0. The fourth-order valence-electron chi connectivity index (χ4n) is 3.13. The van der Waals surface area contributed by atoms with Gasteiger partial charge in [-0.1, -0.05) is 18.2 Å². The van der Waals surface area contributed by atoms with Crippen molar-refractivity contribution in [3.05, 3.63) is 48.4 Å². The minimum Gasteiger partial charge on any atom is -0.383 e. The highest BCUT2D eigenvalue weighted by Crippen LogP contribution is 2.43. The number of halogens is 3. The molecule has 0 fully saturated rings. The molecule has 0 amide bonds. The molecule has 0 radical (unpaired) electrons. The van der Waals surface area contributed by atoms with Gasteiger partial charge in [0.25, 0.3) is 0 Å². The maximum atomic E-state index is 13.7. The number of hydrogen-bond acceptors (Lipinski definition) is 3. The largest absolute Gasteiger partial charge is 0.435 e. The Morgan fingerprint density at radius 2 is 1.77 bits per heavy atom. The molecule has 3 aromatic heterocycles. The minimum absolute atomic E-state index is 0.104. The van der Waals surface area contributed by atoms with Gasteiger partial charge in [0.2, 0.25) is 0 Å². The lowest BCUT2D eigenvalue weighted by Crippen LogP contribution is -2.09. The molecular formula is C17H15F3N6. The number of benzene rings is 1. The Kier molecular flexibility index (Phi) is 3.36. The summed E-state index contributed by atoms with van der Waals surface area (Å²) in [6.45, 7) is 0. The van der Waals surface area contributed by atoms with Crippen molar-refractivity contribution in [2.45, 2.75) is 6.18 Å². The highest BCUT2D eigenvalue weighted by atomic mass is 19.4. The average molecular weight is 360 g/mol. The first-order chi connectivity index (χ1) is 12.3. The van der Waals surface area contributed by atoms with Gasteiger partial charge in [-0.2, -0.15) is 28.1 Å². The fourth-order valence-corrected chi connectivity index (χ4v) is 3.13. The van der Waals surface area contributed by atoms with Gasteiger partial charge in [-0.05, 0) is 6.07 Å². The van der Waals surface area contributed by atoms with Gasteiger partial charge in [-0.3, -0.25) is 4.68 Å². The molecule has 0 saturated heterocycles. The van der Waals surface area contributed by atoms with E-state index >= 15 is 0 Å². The van der Waals surface area contributed by atoms with Gasteiger partial charge in [0, 0.05) is 49.0 Å². The summed E-state index contributed by atoms with van der Waals surface area (Å²) in [4.78, 5) is 0. The SMILES string of the molecule is Cn1ccc(-n2nc(C(F)(F)F)c(-c3cn(C)c4ccccc34)c2N)n1. The number of para-hydroxylation sites is 1. The molecule has 2 N–H and O–H groups in total. The van der Waals surface area contributed by atoms with Crippen LogP contribution >= 0.6 is 0 Å². The Balaban J connectivity index is 2.05. The molecule has 26 heavy (non-hydrogen) atoms. The number of nitrogen functional groups attached to an aromatic ring is 1. The number of hydrogen-bond donors (Lipinski definition) is 1. The first-order valence-electron chi connectivity index (χ1n) is 7.77. The van der Waals surface area contributed by atoms with Crippen LogP contribution in [0, 0.1) is 0 Å². The zero-order chi connectivity index (χ0) is 18.6. The fraction of sp³-hybridized carbons (Fsp3) is 0.176. The van der Waals surface area contributed by atoms with Crippen molar-refractivity contribution in [1.29, 1.82) is 0 Å². The number of fused-ring (bicyclic) bond motifs is 1. The third-order valence-electron chi connectivity index (χ3n) is 4.27. The van der Waals surface area contributed by atoms with Gasteiger partial charge in [0.15, 0.2) is 11.5 Å². The third-order valence-corrected chi connectivity index (χ3v) is 4.27. The predicted molar refractivity (Wildman–Crippen MR) is 91.7 cm³/mol. The van der Waals surface area contributed by atoms with E-state index in [0.29, 0.717) is 10.9 Å². The summed E-state index contributed by atoms with van der Waals surface area (Å²) in [6, 6.07) is 8.76. The summed E-state index contributed by atoms with van der Waals surface area (Å²) in [6.07, 6.45) is -1.40. The van der Waals surface area contributed by atoms with E-state index in [4.69, 9.17) is 5.73 Å². The number of aryl methyl sites for hydroxylation is 2. The molecule has 3 heterocycles. The Morgan fingerprint density at radius 1 is 1.04 bits per heavy atom. The lowest BCUT2D eigenvalue weighted by molar-refractivity contribution is -0.140. The summed E-state index contributed by atoms with van der Waals surface area (Å²) in [5.41, 5.74) is 6.14. The first kappa shape index (κ1) is 16.2. The van der Waals surface area contributed by atoms with Gasteiger partial charge in [-0.25, -0.2) is 0 Å². The molecule has 4 aromatic rings. The Bertz CT molecular complexity index is 1120. The maximum absolute atomic E-state index is 13.7. The minimum atomic E-state index is -4.65. The molecule has 0 atom stereocenters. The van der Waals surface area contributed by atoms with Crippen molar-refractivity contribution in [3.63, 3.8) is 0 Å². The zero-order valence-corrected chi connectivity index (χ0v) is 14.0. The molecule has 0 aliphatic heterocycles. The van der Waals surface area contributed by atoms with Crippen LogP contribution in [-0.4, -0.2) is 24.1 Å². The molecule has 0 aliphatic carbocycles. The van der Waals surface area contributed by atoms with Crippen molar-refractivity contribution in [2.24, 2.45) is 14.1 Å². The molecular weight excluding hydrogens is 345 g/mol. The van der Waals surface area contributed by atoms with E-state index in [2.05, 4.69) is 10.2 Å². The summed E-state index contributed by atoms with van der Waals surface area (Å²) < 4.78 is 45.3. The van der Waals surface area contributed by atoms with Crippen molar-refractivity contribution >= 4 is 16.7 Å². The van der Waals surface area contributed by atoms with Crippen LogP contribution in [0.2, 0.25) is 0 Å². The molecule has 9 heteroatoms. The molecule has 1 aromatic carbocycles. The number of alkyl halides is 3. The van der Waals surface area contributed by atoms with Gasteiger partial charge in [-0.15, -0.1) is 0 Å². The summed E-state index contributed by atoms with van der Waals surface area (Å²) >= 11 is 0. The highest BCUT2D eigenvalue weighted by molar-refractivity contribution is 5.99. The second-order valence-electron chi connectivity index (χ2n) is 6.04. The maximum Gasteiger partial charge on any atom is 0.435 e. The van der Waals surface area contributed by atoms with Crippen LogP contribution in [-0.2, 0) is 20.3 Å². The molecule has 4 rings (SSSR count). The second-order valence-corrected chi connectivity index (χ2v) is 6.04. The molecule has 0 aliphatic rings. The number of anilines is 1. The Hall–Kier alpha value is -3.23. The van der Waals surface area contributed by atoms with Gasteiger partial charge >= 0.3 is 6.18 Å². The van der Waals surface area contributed by atoms with E-state index in [1.807, 2.05) is 12.1 Å². The van der Waals surface area contributed by atoms with Crippen molar-refractivity contribution in [2.75, 3.05) is 5.73 Å². The quantitative estimate of drug-likeness (QED) is 0.596. The highest BCUT2D eigenvalue weighted by Gasteiger charge is 2.40. The lowest BCUT2D eigenvalue weighted by Gasteiger charge is -2.06. The predicted octanol–water partition coefficient (Wildman–Crippen LogP) is 3.37. The molecule has 0 saturated carbocycles. The summed E-state index contributed by atoms with van der Waals surface area (Å²) in [5, 5.41) is 8.52. The third kappa shape index (κ3) is 2.35. The van der Waals surface area contributed by atoms with Crippen molar-refractivity contribution in [3.8, 4) is 16.9 Å². The van der Waals surface area contributed by atoms with Crippen LogP contribution in [0.5, 0.6) is 0 Å². The van der Waals surface area contributed by atoms with Crippen molar-refractivity contribution < 1.29 is 13.2 Å². The van der Waals surface area contributed by atoms with Gasteiger partial charge in [0.05, 0.1) is 5.56 Å². The van der Waals surface area contributed by atoms with Crippen LogP contribution in [0.15, 0.2) is 42.7 Å². The molecule has 0 spiro atoms. The van der Waals surface area contributed by atoms with Crippen LogP contribution < -0.4 is 5.73 Å². The summed E-state index contributed by atoms with van der Waals surface area (Å²) in [7, 11) is 3.44. The summed E-state index contributed by atoms with van der Waals surface area (Å²) in [5.74, 6) is 0.120. The number of nitrogens with two attached hydrogens (primary N) is 1. The van der Waals surface area contributed by atoms with E-state index in [-0.39, 0.29) is 17.2 Å². The van der Waals surface area contributed by atoms with E-state index in [1.54, 1.807) is 49.3 Å². The second kappa shape index (κ2) is 5.38. The average Bonchev–Trinajstić information content (AvgIpc) is 3.24. The Labute approximate surface area is 146 Å². The Morgan fingerprint density at radius 3 is 2.42 bits per heavy atom. The molecule has 6 nitrogen and oxygen atoms in total. The number of nitrogens with zero attached hydrogens (tertiary/aromatic N) is 5. The normalized spacial score (nSPS) is 12.2. The van der Waals surface area contributed by atoms with Gasteiger partial charge in [0.1, 0.15) is 5.82 Å². The van der Waals surface area contributed by atoms with E-state index in [0.717, 1.165) is 10.2 Å². The van der Waals surface area contributed by atoms with Crippen LogP contribution in [0.3, 0.4) is 0 Å². The first-order valence-corrected chi connectivity index (χ1v) is 7.77. The van der Waals surface area contributed by atoms with E-state index < -0.39 is 11.9 Å². The monoisotopic (exact) mass is 360 g/mol. The van der Waals surface area contributed by atoms with Gasteiger partial charge < -0.3 is 10.3 Å². The van der Waals surface area contributed by atoms with Crippen LogP contribution in [0.4, 0.5) is 19.0 Å². The van der Waals surface area contributed by atoms with Crippen molar-refractivity contribution in [1.82, 2.24) is 24.1 Å². The zero-order valence-electron chi connectivity index (χ0n) is 14.0. The van der Waals surface area contributed by atoms with E-state index in [1.165, 1.54) is 4.68 Å². The number of aromatic nitrogens is 5. The molecule has 0 bridgehead atoms. The van der Waals surface area contributed by atoms with E-state index in [9.17, 15) is 13.2 Å². The number of rotatable bonds is 2. The molecule has 0 unspecified atom stereocenters. The van der Waals surface area contributed by atoms with Crippen LogP contribution in [0.1, 0.15) is 5.69 Å².